The van der Waals surface area contributed by atoms with E-state index in [0.717, 1.165) is 0 Å². The van der Waals surface area contributed by atoms with E-state index in [9.17, 15) is 34.9 Å². The molecule has 0 aliphatic heterocycles. The van der Waals surface area contributed by atoms with Gasteiger partial charge in [-0.25, -0.2) is 26.0 Å². The average Bonchev–Trinajstić information content (AvgIpc) is 2.34. The van der Waals surface area contributed by atoms with Crippen molar-refractivity contribution in [1.82, 2.24) is 0 Å². The van der Waals surface area contributed by atoms with Gasteiger partial charge in [-0.15, -0.1) is 0 Å². The van der Waals surface area contributed by atoms with Crippen molar-refractivity contribution < 1.29 is 86.3 Å². The zero-order chi connectivity index (χ0) is 15.8. The van der Waals surface area contributed by atoms with Crippen LogP contribution in [0.15, 0.2) is 0 Å². The number of unbranched alkanes of at least 4 members (excludes halogenated alkanes) is 3. The second kappa shape index (κ2) is 12.6. The summed E-state index contributed by atoms with van der Waals surface area (Å²) in [7, 11) is -5.04. The van der Waals surface area contributed by atoms with Crippen LogP contribution in [0, 0.1) is 0 Å². The Hall–Kier alpha value is 1.20. The van der Waals surface area contributed by atoms with Crippen molar-refractivity contribution in [1.29, 1.82) is 0 Å². The summed E-state index contributed by atoms with van der Waals surface area (Å²) in [6.07, 6.45) is -9.97. The van der Waals surface area contributed by atoms with Crippen LogP contribution in [-0.2, 0) is 10.1 Å². The molecule has 0 aromatic carbocycles. The van der Waals surface area contributed by atoms with Crippen LogP contribution in [-0.4, -0.2) is 50.1 Å². The van der Waals surface area contributed by atoms with Crippen molar-refractivity contribution >= 4 is 10.1 Å². The zero-order valence-corrected chi connectivity index (χ0v) is 15.7. The monoisotopic (exact) mass is 364 g/mol. The third-order valence-electron chi connectivity index (χ3n) is 2.72. The van der Waals surface area contributed by atoms with Crippen molar-refractivity contribution in [2.75, 3.05) is 12.4 Å². The van der Waals surface area contributed by atoms with Crippen molar-refractivity contribution in [2.24, 2.45) is 0 Å². The first-order valence-electron chi connectivity index (χ1n) is 6.25. The molecule has 4 unspecified atom stereocenters. The maximum Gasteiger partial charge on any atom is 1.00 e. The first kappa shape index (κ1) is 24.4. The summed E-state index contributed by atoms with van der Waals surface area (Å²) >= 11 is 0. The molecule has 0 spiro atoms. The van der Waals surface area contributed by atoms with E-state index in [2.05, 4.69) is 0 Å². The van der Waals surface area contributed by atoms with Crippen molar-refractivity contribution in [2.45, 2.75) is 56.8 Å². The first-order valence-corrected chi connectivity index (χ1v) is 7.82. The van der Waals surface area contributed by atoms with Gasteiger partial charge in [0.05, 0.1) is 22.5 Å². The summed E-state index contributed by atoms with van der Waals surface area (Å²) < 4.78 is 95.0. The quantitative estimate of drug-likeness (QED) is 0.221. The molecule has 0 fully saturated rings. The molecule has 4 atom stereocenters. The van der Waals surface area contributed by atoms with Gasteiger partial charge in [0, 0.05) is 0 Å². The molecule has 0 saturated carbocycles. The van der Waals surface area contributed by atoms with E-state index < -0.39 is 47.2 Å². The SMILES string of the molecule is O=S(=O)([O-])CC(F)C(F)C(F)C(F)CCCCCCF.[K+]. The summed E-state index contributed by atoms with van der Waals surface area (Å²) in [6, 6.07) is 0. The zero-order valence-electron chi connectivity index (χ0n) is 11.8. The van der Waals surface area contributed by atoms with Gasteiger partial charge in [0.15, 0.2) is 12.3 Å². The molecule has 0 saturated heterocycles. The molecule has 0 amide bonds. The predicted molar refractivity (Wildman–Crippen MR) is 63.2 cm³/mol. The van der Waals surface area contributed by atoms with E-state index in [1.165, 1.54) is 0 Å². The molecule has 0 N–H and O–H groups in total. The molecule has 0 bridgehead atoms. The molecule has 122 valence electrons. The van der Waals surface area contributed by atoms with E-state index in [1.54, 1.807) is 0 Å². The largest absolute Gasteiger partial charge is 1.00 e. The Morgan fingerprint density at radius 3 is 1.81 bits per heavy atom. The summed E-state index contributed by atoms with van der Waals surface area (Å²) in [5.41, 5.74) is 0. The fourth-order valence-corrected chi connectivity index (χ4v) is 2.21. The van der Waals surface area contributed by atoms with Crippen molar-refractivity contribution in [3.63, 3.8) is 0 Å². The van der Waals surface area contributed by atoms with E-state index >= 15 is 0 Å². The summed E-state index contributed by atoms with van der Waals surface area (Å²) in [5.74, 6) is -1.72. The maximum atomic E-state index is 13.3. The maximum absolute atomic E-state index is 13.3. The molecule has 21 heavy (non-hydrogen) atoms. The molecule has 0 aromatic heterocycles. The molecule has 0 heterocycles. The molecular formula is C11H18F5KO3S. The van der Waals surface area contributed by atoms with Crippen molar-refractivity contribution in [3.8, 4) is 0 Å². The van der Waals surface area contributed by atoms with Gasteiger partial charge in [-0.1, -0.05) is 19.3 Å². The minimum atomic E-state index is -5.04. The molecular weight excluding hydrogens is 346 g/mol. The van der Waals surface area contributed by atoms with Crippen molar-refractivity contribution in [3.05, 3.63) is 0 Å². The Labute approximate surface area is 164 Å². The van der Waals surface area contributed by atoms with Gasteiger partial charge >= 0.3 is 51.4 Å². The molecule has 0 aliphatic rings. The van der Waals surface area contributed by atoms with E-state index in [4.69, 9.17) is 0 Å². The second-order valence-electron chi connectivity index (χ2n) is 4.54. The molecule has 0 radical (unpaired) electrons. The summed E-state index contributed by atoms with van der Waals surface area (Å²) in [4.78, 5) is 0. The fourth-order valence-electron chi connectivity index (χ4n) is 1.63. The van der Waals surface area contributed by atoms with Crippen LogP contribution in [0.4, 0.5) is 22.0 Å². The standard InChI is InChI=1S/C11H19F5O3S.K/c12-6-4-2-1-3-5-8(13)10(15)11(16)9(14)7-20(17,18)19;/h8-11H,1-7H2,(H,17,18,19);/q;+1/p-1. The third kappa shape index (κ3) is 12.3. The van der Waals surface area contributed by atoms with Gasteiger partial charge in [0.25, 0.3) is 0 Å². The van der Waals surface area contributed by atoms with Crippen LogP contribution in [0.5, 0.6) is 0 Å². The first-order chi connectivity index (χ1) is 9.19. The number of rotatable bonds is 11. The Bertz CT molecular complexity index is 358. The third-order valence-corrected chi connectivity index (χ3v) is 3.45. The van der Waals surface area contributed by atoms with Crippen LogP contribution in [0.3, 0.4) is 0 Å². The summed E-state index contributed by atoms with van der Waals surface area (Å²) in [5, 5.41) is 0. The van der Waals surface area contributed by atoms with Gasteiger partial charge in [-0.05, 0) is 12.8 Å². The number of hydrogen-bond acceptors (Lipinski definition) is 3. The van der Waals surface area contributed by atoms with Crippen LogP contribution in [0.2, 0.25) is 0 Å². The van der Waals surface area contributed by atoms with E-state index in [-0.39, 0.29) is 64.2 Å². The molecule has 10 heteroatoms. The van der Waals surface area contributed by atoms with Crippen LogP contribution in [0.1, 0.15) is 32.1 Å². The van der Waals surface area contributed by atoms with Gasteiger partial charge < -0.3 is 4.55 Å². The fraction of sp³-hybridized carbons (Fsp3) is 1.00. The van der Waals surface area contributed by atoms with E-state index in [0.29, 0.717) is 19.3 Å². The van der Waals surface area contributed by atoms with Crippen LogP contribution < -0.4 is 51.4 Å². The molecule has 0 aromatic rings. The molecule has 3 nitrogen and oxygen atoms in total. The Morgan fingerprint density at radius 1 is 0.857 bits per heavy atom. The van der Waals surface area contributed by atoms with E-state index in [1.807, 2.05) is 0 Å². The summed E-state index contributed by atoms with van der Waals surface area (Å²) in [6.45, 7) is -0.509. The normalized spacial score (nSPS) is 17.6. The van der Waals surface area contributed by atoms with Gasteiger partial charge in [0.1, 0.15) is 12.3 Å². The second-order valence-corrected chi connectivity index (χ2v) is 5.99. The number of halogens is 5. The number of alkyl halides is 5. The predicted octanol–water partition coefficient (Wildman–Crippen LogP) is -0.192. The van der Waals surface area contributed by atoms with Gasteiger partial charge in [-0.3, -0.25) is 4.39 Å². The number of hydrogen-bond donors (Lipinski definition) is 0. The Kier molecular flexibility index (Phi) is 14.7. The average molecular weight is 364 g/mol. The Balaban J connectivity index is 0. The minimum absolute atomic E-state index is 0. The molecule has 0 aliphatic carbocycles. The van der Waals surface area contributed by atoms with Crippen LogP contribution >= 0.6 is 0 Å². The Morgan fingerprint density at radius 2 is 1.33 bits per heavy atom. The molecule has 0 rings (SSSR count). The van der Waals surface area contributed by atoms with Gasteiger partial charge in [-0.2, -0.15) is 0 Å². The smallest absolute Gasteiger partial charge is 0.748 e. The topological polar surface area (TPSA) is 57.2 Å². The van der Waals surface area contributed by atoms with Gasteiger partial charge in [0.2, 0.25) is 0 Å². The van der Waals surface area contributed by atoms with Crippen LogP contribution in [0.25, 0.3) is 0 Å². The minimum Gasteiger partial charge on any atom is -0.748 e.